The molecule has 5 heteroatoms. The van der Waals surface area contributed by atoms with Crippen molar-refractivity contribution in [3.05, 3.63) is 35.4 Å². The number of rotatable bonds is 6. The van der Waals surface area contributed by atoms with Crippen LogP contribution in [0.15, 0.2) is 24.3 Å². The van der Waals surface area contributed by atoms with Crippen molar-refractivity contribution in [3.8, 4) is 0 Å². The molecule has 142 valence electrons. The third kappa shape index (κ3) is 4.37. The lowest BCUT2D eigenvalue weighted by Crippen LogP contribution is -2.51. The fourth-order valence-corrected chi connectivity index (χ4v) is 3.66. The zero-order valence-electron chi connectivity index (χ0n) is 16.2. The average molecular weight is 357 g/mol. The summed E-state index contributed by atoms with van der Waals surface area (Å²) in [5.41, 5.74) is 2.34. The average Bonchev–Trinajstić information content (AvgIpc) is 2.88. The van der Waals surface area contributed by atoms with E-state index < -0.39 is 6.04 Å². The van der Waals surface area contributed by atoms with Crippen LogP contribution in [0.5, 0.6) is 0 Å². The van der Waals surface area contributed by atoms with Crippen LogP contribution < -0.4 is 5.32 Å². The minimum Gasteiger partial charge on any atom is -0.336 e. The highest BCUT2D eigenvalue weighted by atomic mass is 16.2. The van der Waals surface area contributed by atoms with Gasteiger partial charge in [0.2, 0.25) is 5.91 Å². The summed E-state index contributed by atoms with van der Waals surface area (Å²) in [6.07, 6.45) is 4.38. The number of amides is 3. The number of likely N-dealkylation sites (tertiary alicyclic amines) is 1. The van der Waals surface area contributed by atoms with Gasteiger partial charge in [0.25, 0.3) is 0 Å². The second-order valence-electron chi connectivity index (χ2n) is 8.08. The monoisotopic (exact) mass is 357 g/mol. The van der Waals surface area contributed by atoms with Crippen molar-refractivity contribution in [3.63, 3.8) is 0 Å². The van der Waals surface area contributed by atoms with Gasteiger partial charge < -0.3 is 15.1 Å². The van der Waals surface area contributed by atoms with Crippen LogP contribution in [0.4, 0.5) is 4.79 Å². The first-order chi connectivity index (χ1) is 12.4. The summed E-state index contributed by atoms with van der Waals surface area (Å²) in [6.45, 7) is 8.25. The molecule has 1 aliphatic heterocycles. The number of benzene rings is 1. The Kier molecular flexibility index (Phi) is 5.84. The molecule has 1 N–H and O–H groups in total. The maximum Gasteiger partial charge on any atom is 0.318 e. The molecule has 1 aromatic carbocycles. The highest BCUT2D eigenvalue weighted by molar-refractivity contribution is 5.88. The van der Waals surface area contributed by atoms with Gasteiger partial charge in [-0.1, -0.05) is 36.2 Å². The molecular formula is C21H31N3O2. The van der Waals surface area contributed by atoms with Gasteiger partial charge in [-0.2, -0.15) is 0 Å². The normalized spacial score (nSPS) is 20.4. The topological polar surface area (TPSA) is 52.7 Å². The van der Waals surface area contributed by atoms with Crippen molar-refractivity contribution >= 4 is 11.9 Å². The summed E-state index contributed by atoms with van der Waals surface area (Å²) in [6, 6.07) is 7.92. The van der Waals surface area contributed by atoms with E-state index in [1.807, 2.05) is 23.6 Å². The number of carbonyl (C=O) groups excluding carboxylic acids is 2. The lowest BCUT2D eigenvalue weighted by molar-refractivity contribution is -0.129. The number of nitrogens with one attached hydrogen (secondary N) is 1. The van der Waals surface area contributed by atoms with Crippen LogP contribution in [0.2, 0.25) is 0 Å². The molecule has 5 nitrogen and oxygen atoms in total. The fraction of sp³-hybridized carbons (Fsp3) is 0.619. The third-order valence-corrected chi connectivity index (χ3v) is 5.65. The third-order valence-electron chi connectivity index (χ3n) is 5.65. The van der Waals surface area contributed by atoms with Gasteiger partial charge in [0.1, 0.15) is 6.04 Å². The molecule has 3 rings (SSSR count). The van der Waals surface area contributed by atoms with Gasteiger partial charge in [-0.3, -0.25) is 4.79 Å². The minimum atomic E-state index is -0.393. The molecule has 0 aromatic heterocycles. The number of aryl methyl sites for hydroxylation is 1. The molecule has 1 unspecified atom stereocenters. The molecule has 1 aromatic rings. The molecule has 1 atom stereocenters. The molecule has 0 bridgehead atoms. The molecule has 2 aliphatic rings. The molecule has 0 spiro atoms. The van der Waals surface area contributed by atoms with E-state index in [0.29, 0.717) is 25.4 Å². The zero-order valence-corrected chi connectivity index (χ0v) is 16.2. The van der Waals surface area contributed by atoms with Crippen molar-refractivity contribution in [2.45, 2.75) is 65.1 Å². The molecule has 0 radical (unpaired) electrons. The van der Waals surface area contributed by atoms with E-state index in [9.17, 15) is 9.59 Å². The quantitative estimate of drug-likeness (QED) is 0.849. The van der Waals surface area contributed by atoms with Crippen LogP contribution in [0.25, 0.3) is 0 Å². The largest absolute Gasteiger partial charge is 0.336 e. The smallest absolute Gasteiger partial charge is 0.318 e. The van der Waals surface area contributed by atoms with E-state index in [2.05, 4.69) is 36.5 Å². The molecule has 26 heavy (non-hydrogen) atoms. The minimum absolute atomic E-state index is 0.0336. The summed E-state index contributed by atoms with van der Waals surface area (Å²) < 4.78 is 0. The number of carbonyl (C=O) groups is 2. The van der Waals surface area contributed by atoms with Crippen molar-refractivity contribution in [2.75, 3.05) is 13.1 Å². The molecule has 3 amide bonds. The second-order valence-corrected chi connectivity index (χ2v) is 8.08. The fourth-order valence-electron chi connectivity index (χ4n) is 3.66. The predicted octanol–water partition coefficient (Wildman–Crippen LogP) is 3.32. The summed E-state index contributed by atoms with van der Waals surface area (Å²) in [7, 11) is 0. The van der Waals surface area contributed by atoms with E-state index in [-0.39, 0.29) is 18.0 Å². The standard InChI is InChI=1S/C21H31N3O2/c1-15(2)24(14-17-5-4-6-17)21(26)22-19-11-12-23(20(19)25)13-18-9-7-16(3)8-10-18/h7-10,15,17,19H,4-6,11-14H2,1-3H3,(H,22,26). The Labute approximate surface area is 156 Å². The Morgan fingerprint density at radius 1 is 1.23 bits per heavy atom. The van der Waals surface area contributed by atoms with Crippen LogP contribution in [0.1, 0.15) is 50.7 Å². The van der Waals surface area contributed by atoms with Crippen LogP contribution in [-0.2, 0) is 11.3 Å². The Bertz CT molecular complexity index is 637. The Hall–Kier alpha value is -2.04. The number of urea groups is 1. The van der Waals surface area contributed by atoms with Crippen LogP contribution in [0.3, 0.4) is 0 Å². The molecule has 1 heterocycles. The Morgan fingerprint density at radius 2 is 1.92 bits per heavy atom. The first-order valence-electron chi connectivity index (χ1n) is 9.85. The summed E-state index contributed by atoms with van der Waals surface area (Å²) in [4.78, 5) is 29.1. The van der Waals surface area contributed by atoms with E-state index in [0.717, 1.165) is 12.1 Å². The first-order valence-corrected chi connectivity index (χ1v) is 9.85. The van der Waals surface area contributed by atoms with Gasteiger partial charge in [0, 0.05) is 25.7 Å². The summed E-state index contributed by atoms with van der Waals surface area (Å²) >= 11 is 0. The van der Waals surface area contributed by atoms with Crippen molar-refractivity contribution < 1.29 is 9.59 Å². The Balaban J connectivity index is 1.55. The lowest BCUT2D eigenvalue weighted by Gasteiger charge is -2.35. The van der Waals surface area contributed by atoms with E-state index >= 15 is 0 Å². The van der Waals surface area contributed by atoms with Crippen molar-refractivity contribution in [1.82, 2.24) is 15.1 Å². The van der Waals surface area contributed by atoms with Gasteiger partial charge in [-0.15, -0.1) is 0 Å². The van der Waals surface area contributed by atoms with Gasteiger partial charge in [0.15, 0.2) is 0 Å². The Morgan fingerprint density at radius 3 is 2.50 bits per heavy atom. The summed E-state index contributed by atoms with van der Waals surface area (Å²) in [5.74, 6) is 0.659. The van der Waals surface area contributed by atoms with E-state index in [1.165, 1.54) is 24.8 Å². The second kappa shape index (κ2) is 8.11. The SMILES string of the molecule is Cc1ccc(CN2CCC(NC(=O)N(CC3CCC3)C(C)C)C2=O)cc1. The maximum atomic E-state index is 12.7. The van der Waals surface area contributed by atoms with E-state index in [1.54, 1.807) is 0 Å². The molecule has 1 saturated heterocycles. The summed E-state index contributed by atoms with van der Waals surface area (Å²) in [5, 5.41) is 2.98. The van der Waals surface area contributed by atoms with Crippen LogP contribution in [-0.4, -0.2) is 46.9 Å². The molecule has 1 aliphatic carbocycles. The van der Waals surface area contributed by atoms with Crippen molar-refractivity contribution in [1.29, 1.82) is 0 Å². The van der Waals surface area contributed by atoms with Crippen LogP contribution >= 0.6 is 0 Å². The van der Waals surface area contributed by atoms with Crippen LogP contribution in [0, 0.1) is 12.8 Å². The number of nitrogens with zero attached hydrogens (tertiary/aromatic N) is 2. The first kappa shape index (κ1) is 18.7. The maximum absolute atomic E-state index is 12.7. The number of hydrogen-bond donors (Lipinski definition) is 1. The lowest BCUT2D eigenvalue weighted by atomic mass is 9.85. The van der Waals surface area contributed by atoms with Gasteiger partial charge in [-0.25, -0.2) is 4.79 Å². The zero-order chi connectivity index (χ0) is 18.7. The highest BCUT2D eigenvalue weighted by Crippen LogP contribution is 2.27. The van der Waals surface area contributed by atoms with Gasteiger partial charge in [0.05, 0.1) is 0 Å². The van der Waals surface area contributed by atoms with Crippen molar-refractivity contribution in [2.24, 2.45) is 5.92 Å². The highest BCUT2D eigenvalue weighted by Gasteiger charge is 2.34. The van der Waals surface area contributed by atoms with Gasteiger partial charge >= 0.3 is 6.03 Å². The van der Waals surface area contributed by atoms with Gasteiger partial charge in [-0.05, 0) is 51.5 Å². The number of hydrogen-bond acceptors (Lipinski definition) is 2. The molecule has 2 fully saturated rings. The molecule has 1 saturated carbocycles. The molecular weight excluding hydrogens is 326 g/mol. The van der Waals surface area contributed by atoms with E-state index in [4.69, 9.17) is 0 Å². The predicted molar refractivity (Wildman–Crippen MR) is 103 cm³/mol.